The van der Waals surface area contributed by atoms with Crippen molar-refractivity contribution in [1.29, 1.82) is 0 Å². The number of anilines is 2. The van der Waals surface area contributed by atoms with Gasteiger partial charge in [-0.15, -0.1) is 0 Å². The predicted molar refractivity (Wildman–Crippen MR) is 81.1 cm³/mol. The van der Waals surface area contributed by atoms with Gasteiger partial charge in [0.2, 0.25) is 5.91 Å². The number of morpholine rings is 1. The first-order valence-corrected chi connectivity index (χ1v) is 7.17. The van der Waals surface area contributed by atoms with Crippen molar-refractivity contribution in [1.82, 2.24) is 5.32 Å². The molecule has 1 amide bonds. The zero-order chi connectivity index (χ0) is 15.6. The molecular weight excluding hydrogens is 297 g/mol. The van der Waals surface area contributed by atoms with Crippen LogP contribution in [0.5, 0.6) is 0 Å². The van der Waals surface area contributed by atoms with E-state index >= 15 is 0 Å². The molecule has 1 heterocycles. The van der Waals surface area contributed by atoms with E-state index in [1.165, 1.54) is 12.1 Å². The highest BCUT2D eigenvalue weighted by Gasteiger charge is 2.31. The second-order valence-corrected chi connectivity index (χ2v) is 5.68. The van der Waals surface area contributed by atoms with Gasteiger partial charge in [-0.1, -0.05) is 11.6 Å². The molecule has 21 heavy (non-hydrogen) atoms. The fourth-order valence-electron chi connectivity index (χ4n) is 2.29. The standard InChI is InChI=1S/C14H19ClFN3O2/c1-8(2)18-14(20)13-7-21-4-3-19(13)12-6-10(16)9(15)5-11(12)17/h5-6,8,13H,3-4,7,17H2,1-2H3,(H,18,20). The van der Waals surface area contributed by atoms with Crippen LogP contribution >= 0.6 is 11.6 Å². The molecule has 0 aromatic heterocycles. The van der Waals surface area contributed by atoms with Gasteiger partial charge in [-0.2, -0.15) is 0 Å². The van der Waals surface area contributed by atoms with Crippen LogP contribution < -0.4 is 16.0 Å². The number of rotatable bonds is 3. The van der Waals surface area contributed by atoms with E-state index in [9.17, 15) is 9.18 Å². The summed E-state index contributed by atoms with van der Waals surface area (Å²) in [7, 11) is 0. The van der Waals surface area contributed by atoms with Gasteiger partial charge in [0.15, 0.2) is 0 Å². The number of carbonyl (C=O) groups excluding carboxylic acids is 1. The fraction of sp³-hybridized carbons (Fsp3) is 0.500. The van der Waals surface area contributed by atoms with Gasteiger partial charge >= 0.3 is 0 Å². The van der Waals surface area contributed by atoms with Crippen molar-refractivity contribution < 1.29 is 13.9 Å². The second kappa shape index (κ2) is 6.49. The van der Waals surface area contributed by atoms with Crippen LogP contribution in [0.25, 0.3) is 0 Å². The zero-order valence-corrected chi connectivity index (χ0v) is 12.8. The summed E-state index contributed by atoms with van der Waals surface area (Å²) < 4.78 is 19.1. The van der Waals surface area contributed by atoms with Gasteiger partial charge in [-0.05, 0) is 19.9 Å². The molecule has 1 aromatic rings. The largest absolute Gasteiger partial charge is 0.397 e. The topological polar surface area (TPSA) is 67.6 Å². The highest BCUT2D eigenvalue weighted by Crippen LogP contribution is 2.31. The van der Waals surface area contributed by atoms with E-state index in [-0.39, 0.29) is 23.6 Å². The summed E-state index contributed by atoms with van der Waals surface area (Å²) in [6.45, 7) is 4.91. The number of nitrogens with one attached hydrogen (secondary N) is 1. The third kappa shape index (κ3) is 3.57. The Morgan fingerprint density at radius 2 is 2.29 bits per heavy atom. The molecule has 1 atom stereocenters. The molecule has 7 heteroatoms. The highest BCUT2D eigenvalue weighted by atomic mass is 35.5. The zero-order valence-electron chi connectivity index (χ0n) is 12.0. The van der Waals surface area contributed by atoms with Gasteiger partial charge in [0.25, 0.3) is 0 Å². The number of halogens is 2. The third-order valence-corrected chi connectivity index (χ3v) is 3.53. The van der Waals surface area contributed by atoms with Crippen molar-refractivity contribution in [2.45, 2.75) is 25.9 Å². The molecule has 0 radical (unpaired) electrons. The first-order valence-electron chi connectivity index (χ1n) is 6.79. The van der Waals surface area contributed by atoms with Crippen molar-refractivity contribution >= 4 is 28.9 Å². The van der Waals surface area contributed by atoms with Crippen LogP contribution in [0.4, 0.5) is 15.8 Å². The van der Waals surface area contributed by atoms with Crippen LogP contribution in [0, 0.1) is 5.82 Å². The summed E-state index contributed by atoms with van der Waals surface area (Å²) in [6.07, 6.45) is 0. The Hall–Kier alpha value is -1.53. The lowest BCUT2D eigenvalue weighted by Crippen LogP contribution is -2.55. The van der Waals surface area contributed by atoms with E-state index in [0.29, 0.717) is 24.5 Å². The van der Waals surface area contributed by atoms with Crippen molar-refractivity contribution in [3.63, 3.8) is 0 Å². The monoisotopic (exact) mass is 315 g/mol. The van der Waals surface area contributed by atoms with Crippen molar-refractivity contribution in [2.24, 2.45) is 0 Å². The minimum atomic E-state index is -0.560. The number of ether oxygens (including phenoxy) is 1. The van der Waals surface area contributed by atoms with Gasteiger partial charge in [0.1, 0.15) is 11.9 Å². The molecule has 5 nitrogen and oxygen atoms in total. The van der Waals surface area contributed by atoms with Crippen LogP contribution in [0.2, 0.25) is 5.02 Å². The molecular formula is C14H19ClFN3O2. The molecule has 1 unspecified atom stereocenters. The number of carbonyl (C=O) groups is 1. The van der Waals surface area contributed by atoms with E-state index < -0.39 is 11.9 Å². The molecule has 0 saturated carbocycles. The van der Waals surface area contributed by atoms with E-state index in [1.807, 2.05) is 13.8 Å². The summed E-state index contributed by atoms with van der Waals surface area (Å²) in [4.78, 5) is 14.0. The van der Waals surface area contributed by atoms with Crippen molar-refractivity contribution in [3.8, 4) is 0 Å². The minimum Gasteiger partial charge on any atom is -0.397 e. The van der Waals surface area contributed by atoms with Gasteiger partial charge in [-0.3, -0.25) is 4.79 Å². The molecule has 0 spiro atoms. The van der Waals surface area contributed by atoms with E-state index in [0.717, 1.165) is 0 Å². The number of benzene rings is 1. The van der Waals surface area contributed by atoms with E-state index in [1.54, 1.807) is 4.90 Å². The van der Waals surface area contributed by atoms with Crippen LogP contribution in [-0.4, -0.2) is 37.7 Å². The van der Waals surface area contributed by atoms with Crippen LogP contribution in [0.1, 0.15) is 13.8 Å². The Kier molecular flexibility index (Phi) is 4.90. The smallest absolute Gasteiger partial charge is 0.245 e. The Balaban J connectivity index is 2.30. The summed E-state index contributed by atoms with van der Waals surface area (Å²) in [5, 5.41) is 2.80. The molecule has 116 valence electrons. The summed E-state index contributed by atoms with van der Waals surface area (Å²) in [5.74, 6) is -0.727. The van der Waals surface area contributed by atoms with E-state index in [2.05, 4.69) is 5.32 Å². The minimum absolute atomic E-state index is 0.0144. The van der Waals surface area contributed by atoms with Crippen LogP contribution in [0.15, 0.2) is 12.1 Å². The first kappa shape index (κ1) is 15.9. The van der Waals surface area contributed by atoms with Gasteiger partial charge in [0, 0.05) is 18.7 Å². The Labute approximate surface area is 128 Å². The molecule has 2 rings (SSSR count). The highest BCUT2D eigenvalue weighted by molar-refractivity contribution is 6.31. The molecule has 0 aliphatic carbocycles. The van der Waals surface area contributed by atoms with Gasteiger partial charge in [0.05, 0.1) is 29.6 Å². The number of amides is 1. The lowest BCUT2D eigenvalue weighted by molar-refractivity contribution is -0.125. The van der Waals surface area contributed by atoms with E-state index in [4.69, 9.17) is 22.1 Å². The first-order chi connectivity index (χ1) is 9.90. The fourth-order valence-corrected chi connectivity index (χ4v) is 2.46. The quantitative estimate of drug-likeness (QED) is 0.835. The maximum atomic E-state index is 13.7. The number of nitrogen functional groups attached to an aromatic ring is 1. The SMILES string of the molecule is CC(C)NC(=O)C1COCCN1c1cc(F)c(Cl)cc1N. The van der Waals surface area contributed by atoms with Gasteiger partial charge < -0.3 is 20.7 Å². The Morgan fingerprint density at radius 3 is 2.95 bits per heavy atom. The summed E-state index contributed by atoms with van der Waals surface area (Å²) in [6, 6.07) is 2.10. The molecule has 3 N–H and O–H groups in total. The average molecular weight is 316 g/mol. The van der Waals surface area contributed by atoms with Crippen LogP contribution in [-0.2, 0) is 9.53 Å². The molecule has 1 aliphatic rings. The molecule has 1 saturated heterocycles. The normalized spacial score (nSPS) is 18.9. The average Bonchev–Trinajstić information content (AvgIpc) is 2.42. The van der Waals surface area contributed by atoms with Crippen LogP contribution in [0.3, 0.4) is 0 Å². The molecule has 1 fully saturated rings. The number of nitrogens with zero attached hydrogens (tertiary/aromatic N) is 1. The maximum Gasteiger partial charge on any atom is 0.245 e. The Morgan fingerprint density at radius 1 is 1.57 bits per heavy atom. The summed E-state index contributed by atoms with van der Waals surface area (Å²) in [5.41, 5.74) is 6.72. The Bertz CT molecular complexity index is 539. The number of hydrogen-bond acceptors (Lipinski definition) is 4. The van der Waals surface area contributed by atoms with Crippen molar-refractivity contribution in [2.75, 3.05) is 30.4 Å². The lowest BCUT2D eigenvalue weighted by atomic mass is 10.1. The maximum absolute atomic E-state index is 13.7. The second-order valence-electron chi connectivity index (χ2n) is 5.27. The molecule has 1 aromatic carbocycles. The molecule has 1 aliphatic heterocycles. The van der Waals surface area contributed by atoms with Gasteiger partial charge in [-0.25, -0.2) is 4.39 Å². The predicted octanol–water partition coefficient (Wildman–Crippen LogP) is 1.79. The number of hydrogen-bond donors (Lipinski definition) is 2. The van der Waals surface area contributed by atoms with Crippen molar-refractivity contribution in [3.05, 3.63) is 23.0 Å². The third-order valence-electron chi connectivity index (χ3n) is 3.24. The number of nitrogens with two attached hydrogens (primary N) is 1. The molecule has 0 bridgehead atoms. The lowest BCUT2D eigenvalue weighted by Gasteiger charge is -2.37. The summed E-state index contributed by atoms with van der Waals surface area (Å²) >= 11 is 5.72.